The van der Waals surface area contributed by atoms with Crippen LogP contribution in [0.5, 0.6) is 5.75 Å². The van der Waals surface area contributed by atoms with Gasteiger partial charge in [-0.3, -0.25) is 5.32 Å². The number of hydrogen-bond acceptors (Lipinski definition) is 5. The van der Waals surface area contributed by atoms with Crippen molar-refractivity contribution in [2.75, 3.05) is 19.0 Å². The molecule has 0 aliphatic carbocycles. The van der Waals surface area contributed by atoms with Crippen LogP contribution in [0.25, 0.3) is 16.2 Å². The van der Waals surface area contributed by atoms with Crippen molar-refractivity contribution in [3.8, 4) is 17.0 Å². The zero-order valence-electron chi connectivity index (χ0n) is 12.4. The van der Waals surface area contributed by atoms with Gasteiger partial charge in [0.15, 0.2) is 5.11 Å². The molecule has 0 bridgehead atoms. The van der Waals surface area contributed by atoms with Gasteiger partial charge < -0.3 is 10.1 Å². The fraction of sp³-hybridized carbons (Fsp3) is 0.133. The molecule has 1 aromatic carbocycles. The summed E-state index contributed by atoms with van der Waals surface area (Å²) in [7, 11) is 1.65. The Morgan fingerprint density at radius 1 is 1.43 bits per heavy atom. The molecule has 8 heteroatoms. The monoisotopic (exact) mass is 345 g/mol. The van der Waals surface area contributed by atoms with Gasteiger partial charge >= 0.3 is 0 Å². The molecule has 0 aliphatic rings. The molecule has 0 fully saturated rings. The van der Waals surface area contributed by atoms with Crippen LogP contribution in [-0.2, 0) is 0 Å². The van der Waals surface area contributed by atoms with Crippen LogP contribution in [0.2, 0.25) is 0 Å². The molecule has 2 aromatic heterocycles. The van der Waals surface area contributed by atoms with Gasteiger partial charge in [-0.25, -0.2) is 4.52 Å². The summed E-state index contributed by atoms with van der Waals surface area (Å²) in [6.45, 7) is 4.22. The van der Waals surface area contributed by atoms with Crippen LogP contribution in [0.1, 0.15) is 0 Å². The highest BCUT2D eigenvalue weighted by Gasteiger charge is 2.12. The summed E-state index contributed by atoms with van der Waals surface area (Å²) in [5.74, 6) is 1.29. The van der Waals surface area contributed by atoms with Crippen molar-refractivity contribution in [3.05, 3.63) is 42.3 Å². The van der Waals surface area contributed by atoms with Crippen molar-refractivity contribution >= 4 is 39.6 Å². The summed E-state index contributed by atoms with van der Waals surface area (Å²) in [6.07, 6.45) is 1.73. The lowest BCUT2D eigenvalue weighted by molar-refractivity contribution is 0.415. The Morgan fingerprint density at radius 2 is 2.22 bits per heavy atom. The number of methoxy groups -OCH3 is 1. The van der Waals surface area contributed by atoms with Gasteiger partial charge in [0, 0.05) is 17.5 Å². The van der Waals surface area contributed by atoms with Crippen molar-refractivity contribution in [1.82, 2.24) is 19.9 Å². The third kappa shape index (κ3) is 3.33. The van der Waals surface area contributed by atoms with E-state index in [1.54, 1.807) is 17.7 Å². The Morgan fingerprint density at radius 3 is 2.91 bits per heavy atom. The molecule has 23 heavy (non-hydrogen) atoms. The first-order valence-electron chi connectivity index (χ1n) is 6.85. The average molecular weight is 345 g/mol. The van der Waals surface area contributed by atoms with E-state index >= 15 is 0 Å². The largest absolute Gasteiger partial charge is 0.497 e. The lowest BCUT2D eigenvalue weighted by atomic mass is 10.2. The maximum atomic E-state index is 5.18. The second kappa shape index (κ2) is 6.76. The van der Waals surface area contributed by atoms with Crippen LogP contribution in [0.4, 0.5) is 5.95 Å². The van der Waals surface area contributed by atoms with Gasteiger partial charge in [0.05, 0.1) is 12.8 Å². The molecule has 118 valence electrons. The summed E-state index contributed by atoms with van der Waals surface area (Å²) in [5, 5.41) is 12.9. The molecule has 3 rings (SSSR count). The Balaban J connectivity index is 1.85. The fourth-order valence-corrected chi connectivity index (χ4v) is 3.01. The SMILES string of the molecule is C=CCNC(=S)Nc1nc2scc(-c3ccc(OC)cc3)n2n1. The molecule has 0 atom stereocenters. The van der Waals surface area contributed by atoms with Crippen LogP contribution in [0, 0.1) is 0 Å². The minimum atomic E-state index is 0.466. The minimum absolute atomic E-state index is 0.466. The Labute approximate surface area is 142 Å². The number of thiocarbonyl (C=S) groups is 1. The molecule has 2 heterocycles. The maximum absolute atomic E-state index is 5.18. The standard InChI is InChI=1S/C15H15N5OS2/c1-3-8-16-14(22)17-13-18-15-20(19-13)12(9-23-15)10-4-6-11(21-2)7-5-10/h3-7,9H,1,8H2,2H3,(H2,16,17,19,22). The van der Waals surface area contributed by atoms with E-state index in [9.17, 15) is 0 Å². The first-order chi connectivity index (χ1) is 11.2. The number of hydrogen-bond donors (Lipinski definition) is 2. The topological polar surface area (TPSA) is 63.5 Å². The van der Waals surface area contributed by atoms with Gasteiger partial charge in [-0.2, -0.15) is 4.98 Å². The summed E-state index contributed by atoms with van der Waals surface area (Å²) in [4.78, 5) is 5.22. The number of aromatic nitrogens is 3. The molecule has 0 unspecified atom stereocenters. The van der Waals surface area contributed by atoms with Gasteiger partial charge in [-0.1, -0.05) is 6.08 Å². The molecule has 0 aliphatic heterocycles. The number of nitrogens with zero attached hydrogens (tertiary/aromatic N) is 3. The summed E-state index contributed by atoms with van der Waals surface area (Å²) < 4.78 is 6.98. The van der Waals surface area contributed by atoms with Crippen LogP contribution < -0.4 is 15.4 Å². The van der Waals surface area contributed by atoms with E-state index in [0.29, 0.717) is 17.6 Å². The first-order valence-corrected chi connectivity index (χ1v) is 8.14. The summed E-state index contributed by atoms with van der Waals surface area (Å²) in [6, 6.07) is 7.82. The highest BCUT2D eigenvalue weighted by molar-refractivity contribution is 7.80. The number of fused-ring (bicyclic) bond motifs is 1. The van der Waals surface area contributed by atoms with Crippen LogP contribution >= 0.6 is 23.6 Å². The molecular weight excluding hydrogens is 330 g/mol. The molecule has 0 spiro atoms. The molecule has 0 saturated heterocycles. The number of nitrogens with one attached hydrogen (secondary N) is 2. The third-order valence-electron chi connectivity index (χ3n) is 3.10. The van der Waals surface area contributed by atoms with Gasteiger partial charge in [0.25, 0.3) is 0 Å². The molecule has 2 N–H and O–H groups in total. The Hall–Kier alpha value is -2.45. The number of anilines is 1. The quantitative estimate of drug-likeness (QED) is 0.548. The molecular formula is C15H15N5OS2. The Bertz CT molecular complexity index is 837. The second-order valence-electron chi connectivity index (χ2n) is 4.60. The highest BCUT2D eigenvalue weighted by atomic mass is 32.1. The highest BCUT2D eigenvalue weighted by Crippen LogP contribution is 2.27. The first kappa shape index (κ1) is 15.4. The lowest BCUT2D eigenvalue weighted by Crippen LogP contribution is -2.28. The average Bonchev–Trinajstić information content (AvgIpc) is 3.13. The molecule has 3 aromatic rings. The minimum Gasteiger partial charge on any atom is -0.497 e. The van der Waals surface area contributed by atoms with Gasteiger partial charge in [0.1, 0.15) is 5.75 Å². The normalized spacial score (nSPS) is 10.5. The zero-order chi connectivity index (χ0) is 16.2. The van der Waals surface area contributed by atoms with Gasteiger partial charge in [-0.15, -0.1) is 23.0 Å². The van der Waals surface area contributed by atoms with E-state index in [1.165, 1.54) is 11.3 Å². The fourth-order valence-electron chi connectivity index (χ4n) is 2.01. The van der Waals surface area contributed by atoms with Crippen molar-refractivity contribution in [2.24, 2.45) is 0 Å². The van der Waals surface area contributed by atoms with E-state index in [-0.39, 0.29) is 0 Å². The van der Waals surface area contributed by atoms with E-state index in [1.807, 2.05) is 29.6 Å². The Kier molecular flexibility index (Phi) is 4.54. The summed E-state index contributed by atoms with van der Waals surface area (Å²) >= 11 is 6.69. The predicted molar refractivity (Wildman–Crippen MR) is 97.3 cm³/mol. The smallest absolute Gasteiger partial charge is 0.250 e. The predicted octanol–water partition coefficient (Wildman–Crippen LogP) is 2.94. The van der Waals surface area contributed by atoms with Crippen molar-refractivity contribution in [3.63, 3.8) is 0 Å². The van der Waals surface area contributed by atoms with Crippen LogP contribution in [-0.4, -0.2) is 33.4 Å². The van der Waals surface area contributed by atoms with Crippen molar-refractivity contribution < 1.29 is 4.74 Å². The van der Waals surface area contributed by atoms with Gasteiger partial charge in [-0.05, 0) is 36.5 Å². The van der Waals surface area contributed by atoms with E-state index < -0.39 is 0 Å². The van der Waals surface area contributed by atoms with Crippen molar-refractivity contribution in [2.45, 2.75) is 0 Å². The molecule has 0 radical (unpaired) electrons. The van der Waals surface area contributed by atoms with E-state index in [2.05, 4.69) is 27.3 Å². The molecule has 6 nitrogen and oxygen atoms in total. The van der Waals surface area contributed by atoms with E-state index in [4.69, 9.17) is 17.0 Å². The van der Waals surface area contributed by atoms with E-state index in [0.717, 1.165) is 22.0 Å². The van der Waals surface area contributed by atoms with Gasteiger partial charge in [0.2, 0.25) is 10.9 Å². The number of ether oxygens (including phenoxy) is 1. The van der Waals surface area contributed by atoms with Crippen LogP contribution in [0.15, 0.2) is 42.3 Å². The zero-order valence-corrected chi connectivity index (χ0v) is 14.1. The number of rotatable bonds is 5. The number of benzene rings is 1. The molecule has 0 amide bonds. The second-order valence-corrected chi connectivity index (χ2v) is 5.85. The third-order valence-corrected chi connectivity index (χ3v) is 4.16. The van der Waals surface area contributed by atoms with Crippen molar-refractivity contribution in [1.29, 1.82) is 0 Å². The molecule has 0 saturated carbocycles. The van der Waals surface area contributed by atoms with Crippen LogP contribution in [0.3, 0.4) is 0 Å². The number of thiazole rings is 1. The summed E-state index contributed by atoms with van der Waals surface area (Å²) in [5.41, 5.74) is 2.01. The lowest BCUT2D eigenvalue weighted by Gasteiger charge is -2.04. The maximum Gasteiger partial charge on any atom is 0.250 e.